The summed E-state index contributed by atoms with van der Waals surface area (Å²) in [4.78, 5) is 0. The van der Waals surface area contributed by atoms with Gasteiger partial charge >= 0.3 is 0 Å². The molecule has 0 aliphatic carbocycles. The highest BCUT2D eigenvalue weighted by Crippen LogP contribution is 2.25. The quantitative estimate of drug-likeness (QED) is 0.567. The molecule has 0 atom stereocenters. The lowest BCUT2D eigenvalue weighted by molar-refractivity contribution is 0.688. The number of rotatable bonds is 4. The minimum Gasteiger partial charge on any atom is -0.275 e. The minimum absolute atomic E-state index is 0.575. The van der Waals surface area contributed by atoms with Crippen molar-refractivity contribution in [1.82, 2.24) is 19.6 Å². The van der Waals surface area contributed by atoms with Gasteiger partial charge in [0.1, 0.15) is 0 Å². The second kappa shape index (κ2) is 6.69. The van der Waals surface area contributed by atoms with Crippen LogP contribution in [0.2, 0.25) is 0 Å². The molecular formula is C21H17N5. The maximum atomic E-state index is 9.23. The lowest BCUT2D eigenvalue weighted by Crippen LogP contribution is -2.02. The van der Waals surface area contributed by atoms with E-state index in [9.17, 15) is 5.26 Å². The number of benzene rings is 2. The average molecular weight is 339 g/mol. The number of aromatic nitrogens is 4. The molecule has 4 rings (SSSR count). The molecule has 2 aromatic heterocycles. The standard InChI is InChI=1S/C21H17N5/c1-25-14-20(13-23-25)16-7-4-8-17(11-16)21-9-10-26(24-21)15-19-6-3-2-5-18(19)12-22/h2-11,13-14H,15H2,1H3. The summed E-state index contributed by atoms with van der Waals surface area (Å²) >= 11 is 0. The Kier molecular flexibility index (Phi) is 4.08. The fourth-order valence-electron chi connectivity index (χ4n) is 2.97. The molecule has 0 amide bonds. The number of hydrogen-bond donors (Lipinski definition) is 0. The van der Waals surface area contributed by atoms with Crippen LogP contribution < -0.4 is 0 Å². The maximum absolute atomic E-state index is 9.23. The summed E-state index contributed by atoms with van der Waals surface area (Å²) in [5.41, 5.74) is 5.80. The number of hydrogen-bond acceptors (Lipinski definition) is 3. The van der Waals surface area contributed by atoms with Gasteiger partial charge in [-0.3, -0.25) is 9.36 Å². The van der Waals surface area contributed by atoms with Gasteiger partial charge in [-0.1, -0.05) is 36.4 Å². The molecule has 0 aliphatic heterocycles. The van der Waals surface area contributed by atoms with Crippen molar-refractivity contribution in [3.63, 3.8) is 0 Å². The normalized spacial score (nSPS) is 10.6. The molecule has 0 fully saturated rings. The molecule has 0 bridgehead atoms. The van der Waals surface area contributed by atoms with Gasteiger partial charge in [0.25, 0.3) is 0 Å². The zero-order chi connectivity index (χ0) is 17.9. The van der Waals surface area contributed by atoms with Crippen molar-refractivity contribution in [2.24, 2.45) is 7.05 Å². The van der Waals surface area contributed by atoms with Gasteiger partial charge in [-0.25, -0.2) is 0 Å². The molecule has 0 saturated heterocycles. The number of nitriles is 1. The van der Waals surface area contributed by atoms with Crippen LogP contribution in [0.1, 0.15) is 11.1 Å². The SMILES string of the molecule is Cn1cc(-c2cccc(-c3ccn(Cc4ccccc4C#N)n3)c2)cn1. The summed E-state index contributed by atoms with van der Waals surface area (Å²) in [6.07, 6.45) is 5.80. The van der Waals surface area contributed by atoms with Crippen LogP contribution in [0.15, 0.2) is 73.2 Å². The molecule has 2 heterocycles. The van der Waals surface area contributed by atoms with Crippen molar-refractivity contribution in [3.8, 4) is 28.5 Å². The van der Waals surface area contributed by atoms with E-state index in [1.54, 1.807) is 4.68 Å². The zero-order valence-corrected chi connectivity index (χ0v) is 14.4. The van der Waals surface area contributed by atoms with Crippen molar-refractivity contribution in [1.29, 1.82) is 5.26 Å². The summed E-state index contributed by atoms with van der Waals surface area (Å²) in [5.74, 6) is 0. The van der Waals surface area contributed by atoms with Crippen molar-refractivity contribution < 1.29 is 0 Å². The van der Waals surface area contributed by atoms with Gasteiger partial charge in [-0.05, 0) is 29.3 Å². The topological polar surface area (TPSA) is 59.4 Å². The van der Waals surface area contributed by atoms with Gasteiger partial charge in [0.05, 0.1) is 30.1 Å². The Hall–Kier alpha value is -3.65. The van der Waals surface area contributed by atoms with Gasteiger partial charge < -0.3 is 0 Å². The zero-order valence-electron chi connectivity index (χ0n) is 14.4. The van der Waals surface area contributed by atoms with Crippen LogP contribution >= 0.6 is 0 Å². The van der Waals surface area contributed by atoms with Crippen molar-refractivity contribution >= 4 is 0 Å². The highest BCUT2D eigenvalue weighted by atomic mass is 15.3. The van der Waals surface area contributed by atoms with Crippen molar-refractivity contribution in [2.45, 2.75) is 6.54 Å². The fraction of sp³-hybridized carbons (Fsp3) is 0.0952. The van der Waals surface area contributed by atoms with Gasteiger partial charge in [0, 0.05) is 30.6 Å². The Morgan fingerprint density at radius 3 is 2.65 bits per heavy atom. The van der Waals surface area contributed by atoms with Crippen LogP contribution in [0.4, 0.5) is 0 Å². The molecule has 26 heavy (non-hydrogen) atoms. The first-order valence-corrected chi connectivity index (χ1v) is 8.34. The van der Waals surface area contributed by atoms with E-state index in [1.165, 1.54) is 0 Å². The largest absolute Gasteiger partial charge is 0.275 e. The van der Waals surface area contributed by atoms with Crippen LogP contribution in [0.25, 0.3) is 22.4 Å². The molecule has 0 unspecified atom stereocenters. The van der Waals surface area contributed by atoms with Crippen molar-refractivity contribution in [2.75, 3.05) is 0 Å². The number of aryl methyl sites for hydroxylation is 1. The molecule has 2 aromatic carbocycles. The minimum atomic E-state index is 0.575. The summed E-state index contributed by atoms with van der Waals surface area (Å²) in [6, 6.07) is 20.1. The van der Waals surface area contributed by atoms with Crippen LogP contribution in [0.3, 0.4) is 0 Å². The summed E-state index contributed by atoms with van der Waals surface area (Å²) in [5, 5.41) is 18.1. The predicted octanol–water partition coefficient (Wildman–Crippen LogP) is 3.87. The molecular weight excluding hydrogens is 322 g/mol. The fourth-order valence-corrected chi connectivity index (χ4v) is 2.97. The van der Waals surface area contributed by atoms with Gasteiger partial charge in [0.2, 0.25) is 0 Å². The Labute approximate surface area is 151 Å². The third-order valence-corrected chi connectivity index (χ3v) is 4.31. The lowest BCUT2D eigenvalue weighted by atomic mass is 10.0. The van der Waals surface area contributed by atoms with Gasteiger partial charge in [-0.15, -0.1) is 0 Å². The van der Waals surface area contributed by atoms with E-state index >= 15 is 0 Å². The van der Waals surface area contributed by atoms with Crippen LogP contribution in [0, 0.1) is 11.3 Å². The first-order valence-electron chi connectivity index (χ1n) is 8.34. The maximum Gasteiger partial charge on any atom is 0.0995 e. The predicted molar refractivity (Wildman–Crippen MR) is 100 cm³/mol. The third-order valence-electron chi connectivity index (χ3n) is 4.31. The summed E-state index contributed by atoms with van der Waals surface area (Å²) in [6.45, 7) is 0.575. The highest BCUT2D eigenvalue weighted by Gasteiger charge is 2.07. The first kappa shape index (κ1) is 15.9. The Morgan fingerprint density at radius 1 is 1.00 bits per heavy atom. The van der Waals surface area contributed by atoms with Gasteiger partial charge in [0.15, 0.2) is 0 Å². The van der Waals surface area contributed by atoms with Crippen LogP contribution in [0.5, 0.6) is 0 Å². The third kappa shape index (κ3) is 3.13. The molecule has 0 saturated carbocycles. The Bertz CT molecular complexity index is 1100. The molecule has 0 spiro atoms. The van der Waals surface area contributed by atoms with E-state index in [4.69, 9.17) is 0 Å². The second-order valence-electron chi connectivity index (χ2n) is 6.15. The van der Waals surface area contributed by atoms with E-state index in [0.717, 1.165) is 27.9 Å². The monoisotopic (exact) mass is 339 g/mol. The van der Waals surface area contributed by atoms with E-state index in [0.29, 0.717) is 12.1 Å². The molecule has 0 N–H and O–H groups in total. The number of nitrogens with zero attached hydrogens (tertiary/aromatic N) is 5. The summed E-state index contributed by atoms with van der Waals surface area (Å²) < 4.78 is 3.66. The second-order valence-corrected chi connectivity index (χ2v) is 6.15. The lowest BCUT2D eigenvalue weighted by Gasteiger charge is -2.04. The van der Waals surface area contributed by atoms with E-state index in [2.05, 4.69) is 34.5 Å². The molecule has 0 aliphatic rings. The van der Waals surface area contributed by atoms with Crippen molar-refractivity contribution in [3.05, 3.63) is 84.3 Å². The van der Waals surface area contributed by atoms with Gasteiger partial charge in [-0.2, -0.15) is 15.5 Å². The summed E-state index contributed by atoms with van der Waals surface area (Å²) in [7, 11) is 1.91. The molecule has 126 valence electrons. The van der Waals surface area contributed by atoms with Crippen LogP contribution in [-0.4, -0.2) is 19.6 Å². The highest BCUT2D eigenvalue weighted by molar-refractivity contribution is 5.70. The van der Waals surface area contributed by atoms with E-state index in [1.807, 2.05) is 66.7 Å². The molecule has 4 aromatic rings. The van der Waals surface area contributed by atoms with E-state index in [-0.39, 0.29) is 0 Å². The van der Waals surface area contributed by atoms with Crippen LogP contribution in [-0.2, 0) is 13.6 Å². The first-order chi connectivity index (χ1) is 12.7. The Balaban J connectivity index is 1.61. The molecule has 5 nitrogen and oxygen atoms in total. The smallest absolute Gasteiger partial charge is 0.0995 e. The molecule has 5 heteroatoms. The average Bonchev–Trinajstić information content (AvgIpc) is 3.31. The molecule has 0 radical (unpaired) electrons. The van der Waals surface area contributed by atoms with E-state index < -0.39 is 0 Å². The Morgan fingerprint density at radius 2 is 1.85 bits per heavy atom.